The summed E-state index contributed by atoms with van der Waals surface area (Å²) in [6.45, 7) is 0. The summed E-state index contributed by atoms with van der Waals surface area (Å²) in [5.74, 6) is -0.461. The Hall–Kier alpha value is -1.97. The van der Waals surface area contributed by atoms with E-state index in [0.29, 0.717) is 5.69 Å². The average Bonchev–Trinajstić information content (AvgIpc) is 2.44. The van der Waals surface area contributed by atoms with Gasteiger partial charge in [0.05, 0.1) is 5.69 Å². The topological polar surface area (TPSA) is 34.5 Å². The van der Waals surface area contributed by atoms with Gasteiger partial charge < -0.3 is 4.84 Å². The maximum Gasteiger partial charge on any atom is 0.164 e. The predicted octanol–water partition coefficient (Wildman–Crippen LogP) is 2.18. The third-order valence-electron chi connectivity index (χ3n) is 1.66. The van der Waals surface area contributed by atoms with Gasteiger partial charge in [-0.15, -0.1) is 0 Å². The van der Waals surface area contributed by atoms with Crippen molar-refractivity contribution in [3.63, 3.8) is 0 Å². The van der Waals surface area contributed by atoms with Crippen molar-refractivity contribution in [3.05, 3.63) is 54.3 Å². The lowest BCUT2D eigenvalue weighted by atomic mass is 10.2. The maximum atomic E-state index is 13.4. The molecule has 0 saturated heterocycles. The molecule has 0 fully saturated rings. The molecule has 0 aromatic carbocycles. The molecule has 1 aromatic rings. The number of hydrogen-bond acceptors (Lipinski definition) is 3. The van der Waals surface area contributed by atoms with Crippen molar-refractivity contribution in [1.29, 1.82) is 0 Å². The van der Waals surface area contributed by atoms with E-state index in [1.807, 2.05) is 0 Å². The first-order valence-electron chi connectivity index (χ1n) is 4.06. The summed E-state index contributed by atoms with van der Waals surface area (Å²) in [4.78, 5) is 8.68. The van der Waals surface area contributed by atoms with Crippen LogP contribution >= 0.6 is 0 Å². The molecule has 4 heteroatoms. The van der Waals surface area contributed by atoms with Crippen LogP contribution in [-0.2, 0) is 4.84 Å². The van der Waals surface area contributed by atoms with E-state index in [2.05, 4.69) is 10.1 Å². The van der Waals surface area contributed by atoms with Crippen LogP contribution in [0.2, 0.25) is 0 Å². The van der Waals surface area contributed by atoms with Crippen molar-refractivity contribution >= 4 is 5.71 Å². The number of halogens is 1. The maximum absolute atomic E-state index is 13.4. The van der Waals surface area contributed by atoms with Gasteiger partial charge in [-0.25, -0.2) is 4.39 Å². The molecule has 0 unspecified atom stereocenters. The lowest BCUT2D eigenvalue weighted by molar-refractivity contribution is 0.269. The third-order valence-corrected chi connectivity index (χ3v) is 1.66. The van der Waals surface area contributed by atoms with Crippen molar-refractivity contribution < 1.29 is 9.23 Å². The van der Waals surface area contributed by atoms with Crippen LogP contribution in [0.15, 0.2) is 53.8 Å². The van der Waals surface area contributed by atoms with Crippen molar-refractivity contribution in [2.75, 3.05) is 0 Å². The summed E-state index contributed by atoms with van der Waals surface area (Å²) in [7, 11) is 0. The van der Waals surface area contributed by atoms with Crippen LogP contribution in [0.5, 0.6) is 0 Å². The quantitative estimate of drug-likeness (QED) is 0.680. The van der Waals surface area contributed by atoms with Gasteiger partial charge >= 0.3 is 0 Å². The highest BCUT2D eigenvalue weighted by atomic mass is 19.1. The number of hydrogen-bond donors (Lipinski definition) is 0. The highest BCUT2D eigenvalue weighted by molar-refractivity contribution is 6.09. The van der Waals surface area contributed by atoms with Crippen molar-refractivity contribution in [2.45, 2.75) is 0 Å². The average molecular weight is 190 g/mol. The van der Waals surface area contributed by atoms with E-state index < -0.39 is 5.83 Å². The summed E-state index contributed by atoms with van der Waals surface area (Å²) >= 11 is 0. The van der Waals surface area contributed by atoms with Crippen molar-refractivity contribution in [3.8, 4) is 0 Å². The van der Waals surface area contributed by atoms with Gasteiger partial charge in [-0.2, -0.15) is 0 Å². The smallest absolute Gasteiger partial charge is 0.164 e. The Bertz CT molecular complexity index is 409. The monoisotopic (exact) mass is 190 g/mol. The Labute approximate surface area is 80.2 Å². The molecule has 0 N–H and O–H groups in total. The second-order valence-electron chi connectivity index (χ2n) is 2.60. The van der Waals surface area contributed by atoms with Gasteiger partial charge in [-0.3, -0.25) is 4.98 Å². The summed E-state index contributed by atoms with van der Waals surface area (Å²) in [5.41, 5.74) is 0.556. The molecule has 1 aliphatic heterocycles. The second kappa shape index (κ2) is 3.83. The largest absolute Gasteiger partial charge is 0.364 e. The van der Waals surface area contributed by atoms with Gasteiger partial charge in [0.25, 0.3) is 0 Å². The van der Waals surface area contributed by atoms with E-state index in [0.717, 1.165) is 0 Å². The van der Waals surface area contributed by atoms with Gasteiger partial charge in [0.15, 0.2) is 11.5 Å². The van der Waals surface area contributed by atoms with Crippen LogP contribution in [0.3, 0.4) is 0 Å². The third kappa shape index (κ3) is 1.69. The molecule has 2 heterocycles. The van der Waals surface area contributed by atoms with Crippen molar-refractivity contribution in [1.82, 2.24) is 4.98 Å². The number of oxime groups is 1. The van der Waals surface area contributed by atoms with E-state index in [-0.39, 0.29) is 5.71 Å². The molecule has 0 amide bonds. The van der Waals surface area contributed by atoms with E-state index in [4.69, 9.17) is 4.84 Å². The Morgan fingerprint density at radius 3 is 3.00 bits per heavy atom. The number of rotatable bonds is 1. The molecule has 0 aliphatic carbocycles. The second-order valence-corrected chi connectivity index (χ2v) is 2.60. The van der Waals surface area contributed by atoms with Crippen LogP contribution in [0.25, 0.3) is 0 Å². The first kappa shape index (κ1) is 8.62. The summed E-state index contributed by atoms with van der Waals surface area (Å²) in [6.07, 6.45) is 5.59. The minimum atomic E-state index is -0.461. The molecule has 14 heavy (non-hydrogen) atoms. The van der Waals surface area contributed by atoms with Crippen LogP contribution in [0.1, 0.15) is 5.69 Å². The van der Waals surface area contributed by atoms with Gasteiger partial charge in [0.2, 0.25) is 0 Å². The molecular formula is C10H7FN2O. The lowest BCUT2D eigenvalue weighted by Gasteiger charge is -1.99. The molecule has 1 aliphatic rings. The molecule has 0 spiro atoms. The SMILES string of the molecule is FC1=CC=CON=C1c1ccccn1. The van der Waals surface area contributed by atoms with E-state index in [1.54, 1.807) is 24.4 Å². The van der Waals surface area contributed by atoms with Gasteiger partial charge in [0.1, 0.15) is 6.26 Å². The van der Waals surface area contributed by atoms with Crippen LogP contribution in [0.4, 0.5) is 4.39 Å². The van der Waals surface area contributed by atoms with E-state index >= 15 is 0 Å². The fraction of sp³-hybridized carbons (Fsp3) is 0. The molecule has 2 rings (SSSR count). The summed E-state index contributed by atoms with van der Waals surface area (Å²) in [5, 5.41) is 3.60. The van der Waals surface area contributed by atoms with Crippen LogP contribution in [-0.4, -0.2) is 10.7 Å². The number of allylic oxidation sites excluding steroid dienone is 3. The normalized spacial score (nSPS) is 15.2. The molecule has 0 atom stereocenters. The number of pyridine rings is 1. The van der Waals surface area contributed by atoms with E-state index in [9.17, 15) is 4.39 Å². The Balaban J connectivity index is 2.40. The summed E-state index contributed by atoms with van der Waals surface area (Å²) < 4.78 is 13.4. The highest BCUT2D eigenvalue weighted by Gasteiger charge is 2.12. The Morgan fingerprint density at radius 2 is 2.21 bits per heavy atom. The molecule has 0 radical (unpaired) electrons. The molecule has 3 nitrogen and oxygen atoms in total. The fourth-order valence-corrected chi connectivity index (χ4v) is 1.04. The molecular weight excluding hydrogens is 183 g/mol. The minimum Gasteiger partial charge on any atom is -0.364 e. The van der Waals surface area contributed by atoms with Crippen LogP contribution < -0.4 is 0 Å². The number of aromatic nitrogens is 1. The zero-order chi connectivity index (χ0) is 9.80. The molecule has 70 valence electrons. The zero-order valence-corrected chi connectivity index (χ0v) is 7.22. The number of nitrogens with zero attached hydrogens (tertiary/aromatic N) is 2. The predicted molar refractivity (Wildman–Crippen MR) is 50.2 cm³/mol. The molecule has 0 bridgehead atoms. The Kier molecular flexibility index (Phi) is 2.36. The van der Waals surface area contributed by atoms with Gasteiger partial charge in [0, 0.05) is 6.20 Å². The first-order valence-corrected chi connectivity index (χ1v) is 4.06. The highest BCUT2D eigenvalue weighted by Crippen LogP contribution is 2.11. The lowest BCUT2D eigenvalue weighted by Crippen LogP contribution is -2.03. The summed E-state index contributed by atoms with van der Waals surface area (Å²) in [6, 6.07) is 5.18. The molecule has 0 saturated carbocycles. The van der Waals surface area contributed by atoms with Crippen LogP contribution in [0, 0.1) is 0 Å². The molecule has 1 aromatic heterocycles. The van der Waals surface area contributed by atoms with Crippen molar-refractivity contribution in [2.24, 2.45) is 5.16 Å². The van der Waals surface area contributed by atoms with Gasteiger partial charge in [-0.1, -0.05) is 11.2 Å². The van der Waals surface area contributed by atoms with Gasteiger partial charge in [-0.05, 0) is 24.3 Å². The zero-order valence-electron chi connectivity index (χ0n) is 7.22. The first-order chi connectivity index (χ1) is 6.88. The Morgan fingerprint density at radius 1 is 1.29 bits per heavy atom. The minimum absolute atomic E-state index is 0.107. The van der Waals surface area contributed by atoms with E-state index in [1.165, 1.54) is 18.4 Å². The fourth-order valence-electron chi connectivity index (χ4n) is 1.04. The standard InChI is InChI=1S/C10H7FN2O/c11-8-4-3-7-14-13-10(8)9-5-1-2-6-12-9/h1-7H.